The molecule has 2 heterocycles. The normalized spacial score (nSPS) is 19.1. The molecule has 0 bridgehead atoms. The Labute approximate surface area is 112 Å². The van der Waals surface area contributed by atoms with Crippen LogP contribution in [0.25, 0.3) is 0 Å². The first-order valence-corrected chi connectivity index (χ1v) is 6.55. The summed E-state index contributed by atoms with van der Waals surface area (Å²) in [6, 6.07) is 0. The topological polar surface area (TPSA) is 72.4 Å². The summed E-state index contributed by atoms with van der Waals surface area (Å²) in [7, 11) is 1.27. The predicted molar refractivity (Wildman–Crippen MR) is 67.6 cm³/mol. The molecule has 1 aliphatic heterocycles. The van der Waals surface area contributed by atoms with Gasteiger partial charge in [-0.2, -0.15) is 0 Å². The van der Waals surface area contributed by atoms with E-state index in [-0.39, 0.29) is 23.3 Å². The Bertz CT molecular complexity index is 480. The number of aromatic nitrogens is 2. The van der Waals surface area contributed by atoms with Crippen molar-refractivity contribution in [2.24, 2.45) is 5.92 Å². The summed E-state index contributed by atoms with van der Waals surface area (Å²) < 4.78 is 4.64. The zero-order valence-corrected chi connectivity index (χ0v) is 11.4. The van der Waals surface area contributed by atoms with Crippen LogP contribution in [0.15, 0.2) is 12.4 Å². The maximum Gasteiger partial charge on any atom is 0.360 e. The van der Waals surface area contributed by atoms with Crippen LogP contribution in [0.1, 0.15) is 16.9 Å². The molecule has 1 saturated heterocycles. The zero-order valence-electron chi connectivity index (χ0n) is 9.80. The quantitative estimate of drug-likeness (QED) is 0.615. The fourth-order valence-corrected chi connectivity index (χ4v) is 2.29. The first-order valence-electron chi connectivity index (χ1n) is 5.43. The highest BCUT2D eigenvalue weighted by Crippen LogP contribution is 2.26. The van der Waals surface area contributed by atoms with Crippen molar-refractivity contribution in [1.82, 2.24) is 9.97 Å². The summed E-state index contributed by atoms with van der Waals surface area (Å²) in [5.74, 6) is -0.138. The molecule has 0 aliphatic carbocycles. The standard InChI is InChI=1S/C11H12BrN3O3/c1-18-11(17)9-10(14-3-2-13-9)15-6-7(5-12)4-8(15)16/h2-3,7H,4-6H2,1H3. The van der Waals surface area contributed by atoms with E-state index in [2.05, 4.69) is 30.6 Å². The molecule has 96 valence electrons. The SMILES string of the molecule is COC(=O)c1nccnc1N1CC(CBr)CC1=O. The van der Waals surface area contributed by atoms with Crippen LogP contribution in [0.5, 0.6) is 0 Å². The molecule has 1 aromatic heterocycles. The Kier molecular flexibility index (Phi) is 3.90. The molecule has 6 nitrogen and oxygen atoms in total. The molecule has 1 aromatic rings. The minimum atomic E-state index is -0.590. The number of halogens is 1. The fraction of sp³-hybridized carbons (Fsp3) is 0.455. The number of alkyl halides is 1. The van der Waals surface area contributed by atoms with Crippen molar-refractivity contribution < 1.29 is 14.3 Å². The van der Waals surface area contributed by atoms with Crippen LogP contribution in [0.4, 0.5) is 5.82 Å². The molecule has 7 heteroatoms. The Morgan fingerprint density at radius 3 is 2.89 bits per heavy atom. The molecule has 0 saturated carbocycles. The number of carbonyl (C=O) groups excluding carboxylic acids is 2. The van der Waals surface area contributed by atoms with Crippen LogP contribution in [0, 0.1) is 5.92 Å². The van der Waals surface area contributed by atoms with Crippen LogP contribution >= 0.6 is 15.9 Å². The number of anilines is 1. The largest absolute Gasteiger partial charge is 0.464 e. The van der Waals surface area contributed by atoms with Crippen LogP contribution < -0.4 is 4.90 Å². The van der Waals surface area contributed by atoms with Gasteiger partial charge < -0.3 is 4.74 Å². The Morgan fingerprint density at radius 1 is 1.56 bits per heavy atom. The summed E-state index contributed by atoms with van der Waals surface area (Å²) in [6.45, 7) is 0.534. The van der Waals surface area contributed by atoms with E-state index >= 15 is 0 Å². The lowest BCUT2D eigenvalue weighted by Crippen LogP contribution is -2.28. The molecule has 18 heavy (non-hydrogen) atoms. The van der Waals surface area contributed by atoms with Gasteiger partial charge in [0.2, 0.25) is 5.91 Å². The van der Waals surface area contributed by atoms with E-state index in [1.165, 1.54) is 24.4 Å². The molecule has 1 fully saturated rings. The number of hydrogen-bond acceptors (Lipinski definition) is 5. The van der Waals surface area contributed by atoms with Crippen LogP contribution in [0.2, 0.25) is 0 Å². The Morgan fingerprint density at radius 2 is 2.28 bits per heavy atom. The maximum absolute atomic E-state index is 11.9. The highest BCUT2D eigenvalue weighted by atomic mass is 79.9. The van der Waals surface area contributed by atoms with Gasteiger partial charge >= 0.3 is 5.97 Å². The molecule has 0 aromatic carbocycles. The lowest BCUT2D eigenvalue weighted by atomic mass is 10.2. The summed E-state index contributed by atoms with van der Waals surface area (Å²) in [6.07, 6.45) is 3.30. The highest BCUT2D eigenvalue weighted by Gasteiger charge is 2.33. The molecule has 1 unspecified atom stereocenters. The summed E-state index contributed by atoms with van der Waals surface area (Å²) >= 11 is 3.36. The van der Waals surface area contributed by atoms with Crippen LogP contribution in [0.3, 0.4) is 0 Å². The van der Waals surface area contributed by atoms with Gasteiger partial charge in [-0.3, -0.25) is 9.69 Å². The van der Waals surface area contributed by atoms with Crippen LogP contribution in [-0.2, 0) is 9.53 Å². The molecular formula is C11H12BrN3O3. The first kappa shape index (κ1) is 12.9. The molecule has 0 N–H and O–H groups in total. The fourth-order valence-electron chi connectivity index (χ4n) is 1.86. The van der Waals surface area contributed by atoms with E-state index in [4.69, 9.17) is 0 Å². The van der Waals surface area contributed by atoms with Gasteiger partial charge in [-0.15, -0.1) is 0 Å². The summed E-state index contributed by atoms with van der Waals surface area (Å²) in [5.41, 5.74) is 0.0728. The number of ether oxygens (including phenoxy) is 1. The van der Waals surface area contributed by atoms with Crippen molar-refractivity contribution in [3.05, 3.63) is 18.1 Å². The van der Waals surface area contributed by atoms with E-state index in [0.29, 0.717) is 13.0 Å². The first-order chi connectivity index (χ1) is 8.67. The van der Waals surface area contributed by atoms with Crippen molar-refractivity contribution in [1.29, 1.82) is 0 Å². The average Bonchev–Trinajstić information content (AvgIpc) is 2.79. The van der Waals surface area contributed by atoms with Crippen molar-refractivity contribution in [2.45, 2.75) is 6.42 Å². The molecule has 1 atom stereocenters. The molecular weight excluding hydrogens is 302 g/mol. The number of esters is 1. The van der Waals surface area contributed by atoms with Gasteiger partial charge in [0.25, 0.3) is 0 Å². The van der Waals surface area contributed by atoms with E-state index in [9.17, 15) is 9.59 Å². The number of hydrogen-bond donors (Lipinski definition) is 0. The van der Waals surface area contributed by atoms with E-state index in [1.54, 1.807) is 0 Å². The minimum absolute atomic E-state index is 0.0508. The van der Waals surface area contributed by atoms with Gasteiger partial charge in [0, 0.05) is 30.7 Å². The van der Waals surface area contributed by atoms with Gasteiger partial charge in [0.05, 0.1) is 7.11 Å². The Hall–Kier alpha value is -1.50. The zero-order chi connectivity index (χ0) is 13.1. The van der Waals surface area contributed by atoms with Crippen LogP contribution in [-0.4, -0.2) is 40.8 Å². The molecule has 2 rings (SSSR count). The molecule has 1 amide bonds. The number of methoxy groups -OCH3 is 1. The minimum Gasteiger partial charge on any atom is -0.464 e. The van der Waals surface area contributed by atoms with Gasteiger partial charge in [-0.25, -0.2) is 14.8 Å². The number of carbonyl (C=O) groups is 2. The lowest BCUT2D eigenvalue weighted by molar-refractivity contribution is -0.117. The lowest BCUT2D eigenvalue weighted by Gasteiger charge is -2.16. The number of nitrogens with zero attached hydrogens (tertiary/aromatic N) is 3. The highest BCUT2D eigenvalue weighted by molar-refractivity contribution is 9.09. The van der Waals surface area contributed by atoms with Gasteiger partial charge in [0.15, 0.2) is 11.5 Å². The summed E-state index contributed by atoms with van der Waals surface area (Å²) in [5, 5.41) is 0.739. The third-order valence-corrected chi connectivity index (χ3v) is 3.65. The monoisotopic (exact) mass is 313 g/mol. The van der Waals surface area contributed by atoms with Crippen molar-refractivity contribution in [2.75, 3.05) is 23.9 Å². The predicted octanol–water partition coefficient (Wildman–Crippen LogP) is 1.01. The van der Waals surface area contributed by atoms with Gasteiger partial charge in [-0.05, 0) is 5.92 Å². The molecule has 1 aliphatic rings. The third kappa shape index (κ3) is 2.35. The average molecular weight is 314 g/mol. The molecule has 0 radical (unpaired) electrons. The molecule has 0 spiro atoms. The van der Waals surface area contributed by atoms with E-state index < -0.39 is 5.97 Å². The number of amides is 1. The van der Waals surface area contributed by atoms with Crippen molar-refractivity contribution in [3.8, 4) is 0 Å². The Balaban J connectivity index is 2.34. The maximum atomic E-state index is 11.9. The second-order valence-electron chi connectivity index (χ2n) is 3.95. The van der Waals surface area contributed by atoms with Gasteiger partial charge in [-0.1, -0.05) is 15.9 Å². The smallest absolute Gasteiger partial charge is 0.360 e. The van der Waals surface area contributed by atoms with Crippen molar-refractivity contribution >= 4 is 33.6 Å². The number of rotatable bonds is 3. The van der Waals surface area contributed by atoms with Gasteiger partial charge in [0.1, 0.15) is 0 Å². The third-order valence-electron chi connectivity index (χ3n) is 2.74. The van der Waals surface area contributed by atoms with E-state index in [0.717, 1.165) is 5.33 Å². The van der Waals surface area contributed by atoms with E-state index in [1.807, 2.05) is 0 Å². The van der Waals surface area contributed by atoms with Crippen molar-refractivity contribution in [3.63, 3.8) is 0 Å². The summed E-state index contributed by atoms with van der Waals surface area (Å²) in [4.78, 5) is 33.0. The second-order valence-corrected chi connectivity index (χ2v) is 4.60. The second kappa shape index (κ2) is 5.43.